The molecule has 0 atom stereocenters. The van der Waals surface area contributed by atoms with Crippen LogP contribution in [0.5, 0.6) is 5.75 Å². The molecule has 33 heavy (non-hydrogen) atoms. The first kappa shape index (κ1) is 21.0. The lowest BCUT2D eigenvalue weighted by Crippen LogP contribution is -2.14. The van der Waals surface area contributed by atoms with E-state index in [1.54, 1.807) is 19.2 Å². The Balaban J connectivity index is 1.39. The molecule has 0 radical (unpaired) electrons. The molecule has 0 aliphatic carbocycles. The number of amides is 1. The van der Waals surface area contributed by atoms with Crippen LogP contribution in [0.3, 0.4) is 0 Å². The summed E-state index contributed by atoms with van der Waals surface area (Å²) >= 11 is 1.32. The normalized spacial score (nSPS) is 11.2. The van der Waals surface area contributed by atoms with E-state index in [-0.39, 0.29) is 11.7 Å². The number of benzene rings is 2. The van der Waals surface area contributed by atoms with Crippen LogP contribution in [0.1, 0.15) is 11.1 Å². The summed E-state index contributed by atoms with van der Waals surface area (Å²) in [5.41, 5.74) is 6.51. The van der Waals surface area contributed by atoms with E-state index < -0.39 is 0 Å². The average Bonchev–Trinajstić information content (AvgIpc) is 3.43. The van der Waals surface area contributed by atoms with Crippen molar-refractivity contribution < 1.29 is 9.53 Å². The number of anilines is 1. The van der Waals surface area contributed by atoms with Gasteiger partial charge >= 0.3 is 0 Å². The molecule has 2 aromatic carbocycles. The average molecular weight is 459 g/mol. The van der Waals surface area contributed by atoms with E-state index in [0.29, 0.717) is 22.2 Å². The summed E-state index contributed by atoms with van der Waals surface area (Å²) in [7, 11) is 1.57. The van der Waals surface area contributed by atoms with Gasteiger partial charge in [0.15, 0.2) is 10.8 Å². The molecule has 0 bridgehead atoms. The molecule has 0 fully saturated rings. The van der Waals surface area contributed by atoms with Crippen LogP contribution < -0.4 is 10.1 Å². The second-order valence-electron chi connectivity index (χ2n) is 7.69. The number of rotatable bonds is 6. The lowest BCUT2D eigenvalue weighted by atomic mass is 10.0. The van der Waals surface area contributed by atoms with Gasteiger partial charge in [-0.3, -0.25) is 9.20 Å². The van der Waals surface area contributed by atoms with E-state index in [9.17, 15) is 4.79 Å². The third kappa shape index (κ3) is 4.03. The highest BCUT2D eigenvalue weighted by Crippen LogP contribution is 2.27. The lowest BCUT2D eigenvalue weighted by Gasteiger charge is -2.09. The number of carbonyl (C=O) groups excluding carboxylic acids is 1. The van der Waals surface area contributed by atoms with Crippen LogP contribution in [0.2, 0.25) is 0 Å². The molecular weight excluding hydrogens is 436 g/mol. The number of hydrogen-bond acceptors (Lipinski definition) is 6. The Bertz CT molecular complexity index is 1490. The first-order chi connectivity index (χ1) is 16.0. The van der Waals surface area contributed by atoms with Gasteiger partial charge in [0.05, 0.1) is 24.2 Å². The molecule has 166 valence electrons. The molecule has 5 aromatic rings. The van der Waals surface area contributed by atoms with Crippen molar-refractivity contribution in [2.75, 3.05) is 18.2 Å². The molecule has 0 aliphatic heterocycles. The molecule has 5 rings (SSSR count). The molecule has 3 aromatic heterocycles. The summed E-state index contributed by atoms with van der Waals surface area (Å²) in [4.78, 5) is 12.5. The molecule has 9 heteroatoms. The Labute approximate surface area is 194 Å². The molecule has 0 saturated heterocycles. The van der Waals surface area contributed by atoms with Crippen LogP contribution in [-0.4, -0.2) is 43.0 Å². The predicted octanol–water partition coefficient (Wildman–Crippen LogP) is 4.40. The number of fused-ring (bicyclic) bond motifs is 3. The Kier molecular flexibility index (Phi) is 5.47. The number of hydrogen-bond donors (Lipinski definition) is 1. The minimum absolute atomic E-state index is 0.149. The van der Waals surface area contributed by atoms with Gasteiger partial charge in [-0.15, -0.1) is 10.2 Å². The number of aryl methyl sites for hydroxylation is 2. The number of carbonyl (C=O) groups is 1. The van der Waals surface area contributed by atoms with Gasteiger partial charge in [0.25, 0.3) is 0 Å². The van der Waals surface area contributed by atoms with Crippen LogP contribution in [0.4, 0.5) is 5.69 Å². The Morgan fingerprint density at radius 2 is 1.94 bits per heavy atom. The number of aromatic nitrogens is 5. The molecule has 0 saturated carbocycles. The van der Waals surface area contributed by atoms with E-state index in [0.717, 1.165) is 16.8 Å². The number of nitrogens with zero attached hydrogens (tertiary/aromatic N) is 5. The molecule has 1 amide bonds. The standard InChI is InChI=1S/C24H22N6O2S/c1-15-8-9-16(2)17(12-15)19-13-20-23-26-27-24(29(23)10-11-30(20)28-19)33-14-22(31)25-18-6-4-5-7-21(18)32-3/h4-13H,14H2,1-3H3,(H,25,31). The fourth-order valence-corrected chi connectivity index (χ4v) is 4.41. The SMILES string of the molecule is COc1ccccc1NC(=O)CSc1nnc2c3cc(-c4cc(C)ccc4C)nn3ccn12. The third-order valence-electron chi connectivity index (χ3n) is 5.37. The first-order valence-corrected chi connectivity index (χ1v) is 11.4. The highest BCUT2D eigenvalue weighted by atomic mass is 32.2. The molecule has 0 unspecified atom stereocenters. The molecule has 0 aliphatic rings. The van der Waals surface area contributed by atoms with Gasteiger partial charge < -0.3 is 10.1 Å². The Hall–Kier alpha value is -3.85. The molecule has 3 heterocycles. The zero-order chi connectivity index (χ0) is 22.9. The number of nitrogens with one attached hydrogen (secondary N) is 1. The van der Waals surface area contributed by atoms with E-state index in [2.05, 4.69) is 47.6 Å². The van der Waals surface area contributed by atoms with Crippen molar-refractivity contribution in [2.24, 2.45) is 0 Å². The fourth-order valence-electron chi connectivity index (χ4n) is 3.70. The minimum Gasteiger partial charge on any atom is -0.495 e. The van der Waals surface area contributed by atoms with Gasteiger partial charge in [-0.25, -0.2) is 4.52 Å². The maximum absolute atomic E-state index is 12.5. The van der Waals surface area contributed by atoms with Gasteiger partial charge in [0, 0.05) is 18.0 Å². The Morgan fingerprint density at radius 3 is 2.79 bits per heavy atom. The second-order valence-corrected chi connectivity index (χ2v) is 8.63. The third-order valence-corrected chi connectivity index (χ3v) is 6.31. The highest BCUT2D eigenvalue weighted by Gasteiger charge is 2.15. The number of para-hydroxylation sites is 2. The van der Waals surface area contributed by atoms with E-state index >= 15 is 0 Å². The highest BCUT2D eigenvalue weighted by molar-refractivity contribution is 7.99. The van der Waals surface area contributed by atoms with Crippen molar-refractivity contribution in [1.29, 1.82) is 0 Å². The summed E-state index contributed by atoms with van der Waals surface area (Å²) in [5, 5.41) is 16.9. The summed E-state index contributed by atoms with van der Waals surface area (Å²) in [6, 6.07) is 15.7. The maximum atomic E-state index is 12.5. The van der Waals surface area contributed by atoms with Crippen LogP contribution in [0.15, 0.2) is 66.1 Å². The monoisotopic (exact) mass is 458 g/mol. The smallest absolute Gasteiger partial charge is 0.234 e. The zero-order valence-electron chi connectivity index (χ0n) is 18.4. The Morgan fingerprint density at radius 1 is 1.09 bits per heavy atom. The van der Waals surface area contributed by atoms with Crippen molar-refractivity contribution in [3.63, 3.8) is 0 Å². The zero-order valence-corrected chi connectivity index (χ0v) is 19.3. The summed E-state index contributed by atoms with van der Waals surface area (Å²) < 4.78 is 8.98. The number of ether oxygens (including phenoxy) is 1. The van der Waals surface area contributed by atoms with Crippen molar-refractivity contribution in [1.82, 2.24) is 24.2 Å². The molecule has 0 spiro atoms. The second kappa shape index (κ2) is 8.59. The van der Waals surface area contributed by atoms with E-state index in [1.807, 2.05) is 39.5 Å². The van der Waals surface area contributed by atoms with Gasteiger partial charge in [-0.1, -0.05) is 41.6 Å². The quantitative estimate of drug-likeness (QED) is 0.380. The summed E-state index contributed by atoms with van der Waals surface area (Å²) in [5.74, 6) is 0.659. The van der Waals surface area contributed by atoms with Gasteiger partial charge in [-0.05, 0) is 43.7 Å². The fraction of sp³-hybridized carbons (Fsp3) is 0.167. The number of thioether (sulfide) groups is 1. The molecule has 8 nitrogen and oxygen atoms in total. The van der Waals surface area contributed by atoms with Crippen molar-refractivity contribution in [3.05, 3.63) is 72.1 Å². The topological polar surface area (TPSA) is 85.8 Å². The van der Waals surface area contributed by atoms with Crippen molar-refractivity contribution in [2.45, 2.75) is 19.0 Å². The van der Waals surface area contributed by atoms with Crippen LogP contribution in [0.25, 0.3) is 22.4 Å². The summed E-state index contributed by atoms with van der Waals surface area (Å²) in [6.45, 7) is 4.15. The first-order valence-electron chi connectivity index (χ1n) is 10.4. The minimum atomic E-state index is -0.149. The van der Waals surface area contributed by atoms with Crippen molar-refractivity contribution in [3.8, 4) is 17.0 Å². The van der Waals surface area contributed by atoms with E-state index in [1.165, 1.54) is 22.9 Å². The largest absolute Gasteiger partial charge is 0.495 e. The molecule has 1 N–H and O–H groups in total. The van der Waals surface area contributed by atoms with Crippen LogP contribution >= 0.6 is 11.8 Å². The molecular formula is C24H22N6O2S. The van der Waals surface area contributed by atoms with Gasteiger partial charge in [0.2, 0.25) is 5.91 Å². The van der Waals surface area contributed by atoms with Crippen molar-refractivity contribution >= 4 is 34.5 Å². The number of methoxy groups -OCH3 is 1. The maximum Gasteiger partial charge on any atom is 0.234 e. The summed E-state index contributed by atoms with van der Waals surface area (Å²) in [6.07, 6.45) is 3.74. The van der Waals surface area contributed by atoms with Gasteiger partial charge in [-0.2, -0.15) is 5.10 Å². The lowest BCUT2D eigenvalue weighted by molar-refractivity contribution is -0.113. The van der Waals surface area contributed by atoms with Crippen LogP contribution in [0, 0.1) is 13.8 Å². The van der Waals surface area contributed by atoms with Gasteiger partial charge in [0.1, 0.15) is 11.3 Å². The van der Waals surface area contributed by atoms with Crippen LogP contribution in [-0.2, 0) is 4.79 Å². The predicted molar refractivity (Wildman–Crippen MR) is 129 cm³/mol. The van der Waals surface area contributed by atoms with E-state index in [4.69, 9.17) is 9.84 Å².